The van der Waals surface area contributed by atoms with Crippen molar-refractivity contribution in [3.63, 3.8) is 0 Å². The van der Waals surface area contributed by atoms with Crippen LogP contribution in [0.3, 0.4) is 0 Å². The normalized spacial score (nSPS) is 12.9. The Morgan fingerprint density at radius 3 is 2.53 bits per heavy atom. The number of rotatable bonds is 5. The van der Waals surface area contributed by atoms with Crippen molar-refractivity contribution in [2.24, 2.45) is 0 Å². The molecule has 106 valence electrons. The van der Waals surface area contributed by atoms with Gasteiger partial charge >= 0.3 is 6.18 Å². The summed E-state index contributed by atoms with van der Waals surface area (Å²) in [5, 5.41) is 10.5. The highest BCUT2D eigenvalue weighted by Crippen LogP contribution is 2.33. The van der Waals surface area contributed by atoms with Gasteiger partial charge in [0.2, 0.25) is 0 Å². The summed E-state index contributed by atoms with van der Waals surface area (Å²) in [5.41, 5.74) is -0.240. The van der Waals surface area contributed by atoms with E-state index < -0.39 is 22.5 Å². The van der Waals surface area contributed by atoms with Crippen LogP contribution in [0.1, 0.15) is 0 Å². The molecule has 0 amide bonds. The third-order valence-electron chi connectivity index (χ3n) is 2.10. The number of nitro groups is 1. The zero-order valence-electron chi connectivity index (χ0n) is 9.61. The number of halogens is 4. The van der Waals surface area contributed by atoms with Gasteiger partial charge in [0.25, 0.3) is 5.69 Å². The smallest absolute Gasteiger partial charge is 0.404 e. The molecule has 5 nitrogen and oxygen atoms in total. The van der Waals surface area contributed by atoms with E-state index >= 15 is 0 Å². The van der Waals surface area contributed by atoms with E-state index in [2.05, 4.69) is 15.9 Å². The Labute approximate surface area is 114 Å². The van der Waals surface area contributed by atoms with Crippen molar-refractivity contribution in [1.82, 2.24) is 0 Å². The Morgan fingerprint density at radius 2 is 2.05 bits per heavy atom. The van der Waals surface area contributed by atoms with Crippen molar-refractivity contribution >= 4 is 21.6 Å². The Bertz CT molecular complexity index is 467. The summed E-state index contributed by atoms with van der Waals surface area (Å²) >= 11 is 2.44. The van der Waals surface area contributed by atoms with Crippen LogP contribution in [-0.4, -0.2) is 29.6 Å². The molecule has 1 aromatic carbocycles. The third kappa shape index (κ3) is 4.27. The molecule has 1 aromatic rings. The fraction of sp³-hybridized carbons (Fsp3) is 0.400. The van der Waals surface area contributed by atoms with Gasteiger partial charge in [0.15, 0.2) is 11.5 Å². The number of methoxy groups -OCH3 is 1. The number of nitro benzene ring substituents is 1. The molecular formula is C10H9BrF3NO4. The molecule has 19 heavy (non-hydrogen) atoms. The van der Waals surface area contributed by atoms with E-state index in [1.807, 2.05) is 0 Å². The highest BCUT2D eigenvalue weighted by atomic mass is 79.9. The van der Waals surface area contributed by atoms with Gasteiger partial charge in [-0.05, 0) is 6.07 Å². The van der Waals surface area contributed by atoms with Gasteiger partial charge in [-0.2, -0.15) is 13.2 Å². The standard InChI is InChI=1S/C10H9BrF3NO4/c1-18-8-4-6(15(16)17)2-3-7(8)19-5-9(11)10(12,13)14/h2-4,9H,5H2,1H3. The summed E-state index contributed by atoms with van der Waals surface area (Å²) < 4.78 is 46.5. The van der Waals surface area contributed by atoms with Gasteiger partial charge in [0.1, 0.15) is 11.4 Å². The van der Waals surface area contributed by atoms with Gasteiger partial charge in [-0.1, -0.05) is 15.9 Å². The molecule has 1 atom stereocenters. The number of hydrogen-bond acceptors (Lipinski definition) is 4. The van der Waals surface area contributed by atoms with Gasteiger partial charge in [0, 0.05) is 6.07 Å². The van der Waals surface area contributed by atoms with Crippen LogP contribution in [0.25, 0.3) is 0 Å². The molecule has 0 aliphatic heterocycles. The second-order valence-corrected chi connectivity index (χ2v) is 4.52. The number of non-ortho nitro benzene ring substituents is 1. The lowest BCUT2D eigenvalue weighted by Gasteiger charge is -2.16. The lowest BCUT2D eigenvalue weighted by molar-refractivity contribution is -0.385. The molecule has 9 heteroatoms. The van der Waals surface area contributed by atoms with E-state index in [0.717, 1.165) is 12.1 Å². The van der Waals surface area contributed by atoms with Crippen LogP contribution in [0.5, 0.6) is 11.5 Å². The van der Waals surface area contributed by atoms with E-state index in [-0.39, 0.29) is 17.2 Å². The molecule has 0 N–H and O–H groups in total. The Kier molecular flexibility index (Phi) is 4.98. The van der Waals surface area contributed by atoms with E-state index in [9.17, 15) is 23.3 Å². The van der Waals surface area contributed by atoms with Crippen LogP contribution < -0.4 is 9.47 Å². The molecule has 0 saturated heterocycles. The second kappa shape index (κ2) is 6.09. The van der Waals surface area contributed by atoms with Crippen molar-refractivity contribution < 1.29 is 27.6 Å². The highest BCUT2D eigenvalue weighted by molar-refractivity contribution is 9.09. The van der Waals surface area contributed by atoms with Crippen LogP contribution in [0, 0.1) is 10.1 Å². The van der Waals surface area contributed by atoms with E-state index in [1.165, 1.54) is 13.2 Å². The predicted octanol–water partition coefficient (Wildman–Crippen LogP) is 3.31. The third-order valence-corrected chi connectivity index (χ3v) is 2.88. The molecule has 0 saturated carbocycles. The first-order chi connectivity index (χ1) is 8.75. The molecular weight excluding hydrogens is 335 g/mol. The Morgan fingerprint density at radius 1 is 1.42 bits per heavy atom. The van der Waals surface area contributed by atoms with Gasteiger partial charge in [-0.3, -0.25) is 10.1 Å². The van der Waals surface area contributed by atoms with E-state index in [4.69, 9.17) is 9.47 Å². The Balaban J connectivity index is 2.82. The van der Waals surface area contributed by atoms with E-state index in [1.54, 1.807) is 0 Å². The van der Waals surface area contributed by atoms with Crippen molar-refractivity contribution in [3.8, 4) is 11.5 Å². The van der Waals surface area contributed by atoms with Gasteiger partial charge in [-0.15, -0.1) is 0 Å². The molecule has 0 aliphatic carbocycles. The number of benzene rings is 1. The molecule has 0 spiro atoms. The second-order valence-electron chi connectivity index (χ2n) is 3.41. The van der Waals surface area contributed by atoms with E-state index in [0.29, 0.717) is 0 Å². The summed E-state index contributed by atoms with van der Waals surface area (Å²) in [5.74, 6) is -0.00197. The first kappa shape index (κ1) is 15.5. The number of ether oxygens (including phenoxy) is 2. The molecule has 0 aromatic heterocycles. The summed E-state index contributed by atoms with van der Waals surface area (Å²) in [6.07, 6.45) is -4.44. The number of alkyl halides is 4. The minimum atomic E-state index is -4.44. The summed E-state index contributed by atoms with van der Waals surface area (Å²) in [4.78, 5) is 8.05. The maximum Gasteiger partial charge on any atom is 0.404 e. The SMILES string of the molecule is COc1cc([N+](=O)[O-])ccc1OCC(Br)C(F)(F)F. The molecule has 1 unspecified atom stereocenters. The van der Waals surface area contributed by atoms with Crippen molar-refractivity contribution in [2.45, 2.75) is 11.0 Å². The van der Waals surface area contributed by atoms with Gasteiger partial charge in [0.05, 0.1) is 18.1 Å². The minimum Gasteiger partial charge on any atom is -0.493 e. The largest absolute Gasteiger partial charge is 0.493 e. The van der Waals surface area contributed by atoms with Crippen LogP contribution in [0.15, 0.2) is 18.2 Å². The first-order valence-electron chi connectivity index (χ1n) is 4.91. The predicted molar refractivity (Wildman–Crippen MR) is 63.9 cm³/mol. The quantitative estimate of drug-likeness (QED) is 0.467. The maximum absolute atomic E-state index is 12.3. The van der Waals surface area contributed by atoms with Crippen molar-refractivity contribution in [3.05, 3.63) is 28.3 Å². The van der Waals surface area contributed by atoms with Crippen molar-refractivity contribution in [2.75, 3.05) is 13.7 Å². The zero-order chi connectivity index (χ0) is 14.6. The van der Waals surface area contributed by atoms with Crippen LogP contribution in [0.2, 0.25) is 0 Å². The fourth-order valence-electron chi connectivity index (χ4n) is 1.15. The van der Waals surface area contributed by atoms with Crippen molar-refractivity contribution in [1.29, 1.82) is 0 Å². The summed E-state index contributed by atoms with van der Waals surface area (Å²) in [7, 11) is 1.24. The lowest BCUT2D eigenvalue weighted by Crippen LogP contribution is -2.28. The summed E-state index contributed by atoms with van der Waals surface area (Å²) in [6, 6.07) is 3.38. The van der Waals surface area contributed by atoms with Crippen LogP contribution in [0.4, 0.5) is 18.9 Å². The fourth-order valence-corrected chi connectivity index (χ4v) is 1.28. The molecule has 0 radical (unpaired) electrons. The highest BCUT2D eigenvalue weighted by Gasteiger charge is 2.38. The van der Waals surface area contributed by atoms with Gasteiger partial charge < -0.3 is 9.47 Å². The average molecular weight is 344 g/mol. The summed E-state index contributed by atoms with van der Waals surface area (Å²) in [6.45, 7) is -0.669. The topological polar surface area (TPSA) is 61.6 Å². The van der Waals surface area contributed by atoms with Gasteiger partial charge in [-0.25, -0.2) is 0 Å². The molecule has 0 bridgehead atoms. The number of nitrogens with zero attached hydrogens (tertiary/aromatic N) is 1. The number of hydrogen-bond donors (Lipinski definition) is 0. The molecule has 0 heterocycles. The molecule has 1 rings (SSSR count). The molecule has 0 aliphatic rings. The Hall–Kier alpha value is -1.51. The minimum absolute atomic E-state index is 0.00167. The molecule has 0 fully saturated rings. The van der Waals surface area contributed by atoms with Crippen LogP contribution in [-0.2, 0) is 0 Å². The zero-order valence-corrected chi connectivity index (χ0v) is 11.2. The maximum atomic E-state index is 12.3. The monoisotopic (exact) mass is 343 g/mol. The van der Waals surface area contributed by atoms with Crippen LogP contribution >= 0.6 is 15.9 Å². The first-order valence-corrected chi connectivity index (χ1v) is 5.83. The average Bonchev–Trinajstić information content (AvgIpc) is 2.34. The lowest BCUT2D eigenvalue weighted by atomic mass is 10.3.